The zero-order valence-electron chi connectivity index (χ0n) is 38.3. The summed E-state index contributed by atoms with van der Waals surface area (Å²) in [5, 5.41) is 33.2. The average Bonchev–Trinajstić information content (AvgIpc) is 3.20. The van der Waals surface area contributed by atoms with Gasteiger partial charge in [-0.05, 0) is 45.1 Å². The molecule has 0 spiro atoms. The van der Waals surface area contributed by atoms with E-state index in [4.69, 9.17) is 28.4 Å². The number of unbranched alkanes of at least 4 members (excludes halogenated alkanes) is 8. The molecule has 61 heavy (non-hydrogen) atoms. The summed E-state index contributed by atoms with van der Waals surface area (Å²) >= 11 is 0. The summed E-state index contributed by atoms with van der Waals surface area (Å²) in [6.45, 7) is 14.5. The first kappa shape index (κ1) is 57.4. The van der Waals surface area contributed by atoms with Gasteiger partial charge in [0, 0.05) is 56.5 Å². The second-order valence-electron chi connectivity index (χ2n) is 15.9. The number of hydrogen-bond donors (Lipinski definition) is 3. The number of esters is 5. The molecule has 1 fully saturated rings. The standard InChI is InChI=1S/C34H54O13.C9H18O2.C3H6/c1-6-7-8-9-10-12-29(38)46-32-24(20-30(39)42-5)19-26-22-27(23(2)35)45-31(40)21-25(36)14-18-43-16-11-17-44-28(37)13-15-33(3,4)34(32,41)47-26;1-3-4-5-6-7-8-9(10)11-2;1-3-2/h13,15,20,23,25-27,32,35-36,41H,6-12,14,16-19,21-22H2,1-5H3;3-8H2,1-2H3;3H,1H2,2H3/b15-13+,24-20+;;/t23-,25-,26?,27-,32+,34-;;/m1../s1. The lowest BCUT2D eigenvalue weighted by Gasteiger charge is -2.51. The van der Waals surface area contributed by atoms with Gasteiger partial charge >= 0.3 is 29.8 Å². The minimum Gasteiger partial charge on any atom is -0.469 e. The SMILES string of the molecule is C=CC.CCCCCCCC(=O)OC.CCCCCCCC(=O)O[C@H]1/C(=C/C(=O)OC)CC2C[C@H]([C@@H](C)O)OC(=O)C[C@H](O)CCOCCCOC(=O)/C=C/C(C)(C)[C@]1(O)O2. The fourth-order valence-electron chi connectivity index (χ4n) is 6.35. The van der Waals surface area contributed by atoms with E-state index in [1.165, 1.54) is 46.5 Å². The lowest BCUT2D eigenvalue weighted by Crippen LogP contribution is -2.62. The monoisotopic (exact) mass is 871 g/mol. The van der Waals surface area contributed by atoms with Gasteiger partial charge in [-0.3, -0.25) is 14.4 Å². The molecule has 0 aromatic carbocycles. The smallest absolute Gasteiger partial charge is 0.330 e. The quantitative estimate of drug-likeness (QED) is 0.0502. The Morgan fingerprint density at radius 2 is 1.51 bits per heavy atom. The van der Waals surface area contributed by atoms with Crippen molar-refractivity contribution in [2.75, 3.05) is 34.0 Å². The van der Waals surface area contributed by atoms with Crippen molar-refractivity contribution in [2.24, 2.45) is 5.41 Å². The van der Waals surface area contributed by atoms with Crippen LogP contribution in [0.4, 0.5) is 0 Å². The molecule has 2 aliphatic rings. The molecule has 2 heterocycles. The van der Waals surface area contributed by atoms with Gasteiger partial charge in [0.15, 0.2) is 6.10 Å². The lowest BCUT2D eigenvalue weighted by atomic mass is 9.74. The van der Waals surface area contributed by atoms with E-state index in [-0.39, 0.29) is 63.5 Å². The number of rotatable bonds is 15. The van der Waals surface area contributed by atoms with Crippen molar-refractivity contribution in [1.29, 1.82) is 0 Å². The Labute approximate surface area is 364 Å². The van der Waals surface area contributed by atoms with Crippen molar-refractivity contribution in [3.63, 3.8) is 0 Å². The number of fused-ring (bicyclic) bond motifs is 2. The van der Waals surface area contributed by atoms with E-state index in [0.717, 1.165) is 50.7 Å². The van der Waals surface area contributed by atoms with E-state index in [9.17, 15) is 39.3 Å². The van der Waals surface area contributed by atoms with Gasteiger partial charge in [-0.15, -0.1) is 6.58 Å². The highest BCUT2D eigenvalue weighted by Gasteiger charge is 2.57. The summed E-state index contributed by atoms with van der Waals surface area (Å²) in [7, 11) is 2.62. The van der Waals surface area contributed by atoms with Gasteiger partial charge in [0.05, 0.1) is 45.6 Å². The van der Waals surface area contributed by atoms with Crippen LogP contribution in [0.2, 0.25) is 0 Å². The Balaban J connectivity index is 0.00000220. The summed E-state index contributed by atoms with van der Waals surface area (Å²) in [6, 6.07) is 0. The normalized spacial score (nSPS) is 25.3. The molecular formula is C46H78O15. The van der Waals surface area contributed by atoms with Crippen LogP contribution in [0, 0.1) is 5.41 Å². The number of aliphatic hydroxyl groups excluding tert-OH is 2. The summed E-state index contributed by atoms with van der Waals surface area (Å²) < 4.78 is 37.7. The number of ether oxygens (including phenoxy) is 7. The average molecular weight is 871 g/mol. The van der Waals surface area contributed by atoms with Crippen LogP contribution in [0.25, 0.3) is 0 Å². The molecular weight excluding hydrogens is 792 g/mol. The molecule has 3 N–H and O–H groups in total. The minimum atomic E-state index is -2.36. The molecule has 6 atom stereocenters. The molecule has 0 saturated carbocycles. The molecule has 0 aromatic heterocycles. The highest BCUT2D eigenvalue weighted by molar-refractivity contribution is 5.83. The van der Waals surface area contributed by atoms with Crippen LogP contribution in [0.5, 0.6) is 0 Å². The maximum absolute atomic E-state index is 13.1. The van der Waals surface area contributed by atoms with Crippen molar-refractivity contribution in [3.8, 4) is 0 Å². The number of allylic oxidation sites excluding steroid dienone is 1. The van der Waals surface area contributed by atoms with Gasteiger partial charge in [0.2, 0.25) is 5.79 Å². The molecule has 0 aromatic rings. The molecule has 2 aliphatic heterocycles. The number of aliphatic hydroxyl groups is 3. The molecule has 1 saturated heterocycles. The Kier molecular flexibility index (Phi) is 31.0. The Bertz CT molecular complexity index is 1340. The molecule has 0 amide bonds. The number of cyclic esters (lactones) is 2. The Hall–Kier alpha value is -3.63. The summed E-state index contributed by atoms with van der Waals surface area (Å²) in [6.07, 6.45) is 10.6. The highest BCUT2D eigenvalue weighted by Crippen LogP contribution is 2.46. The molecule has 352 valence electrons. The third kappa shape index (κ3) is 24.6. The van der Waals surface area contributed by atoms with E-state index in [0.29, 0.717) is 19.3 Å². The Morgan fingerprint density at radius 1 is 0.918 bits per heavy atom. The number of carbonyl (C=O) groups is 5. The van der Waals surface area contributed by atoms with Gasteiger partial charge in [-0.2, -0.15) is 0 Å². The Morgan fingerprint density at radius 3 is 2.07 bits per heavy atom. The first-order valence-electron chi connectivity index (χ1n) is 22.0. The van der Waals surface area contributed by atoms with Gasteiger partial charge in [0.25, 0.3) is 0 Å². The van der Waals surface area contributed by atoms with Crippen LogP contribution >= 0.6 is 0 Å². The molecule has 0 radical (unpaired) electrons. The zero-order chi connectivity index (χ0) is 46.3. The molecule has 15 heteroatoms. The maximum atomic E-state index is 13.1. The van der Waals surface area contributed by atoms with Crippen LogP contribution in [0.3, 0.4) is 0 Å². The van der Waals surface area contributed by atoms with E-state index < -0.39 is 65.6 Å². The van der Waals surface area contributed by atoms with E-state index in [1.807, 2.05) is 6.92 Å². The predicted molar refractivity (Wildman–Crippen MR) is 230 cm³/mol. The van der Waals surface area contributed by atoms with Crippen molar-refractivity contribution in [2.45, 2.75) is 187 Å². The topological polar surface area (TPSA) is 211 Å². The molecule has 15 nitrogen and oxygen atoms in total. The summed E-state index contributed by atoms with van der Waals surface area (Å²) in [5.41, 5.74) is -1.27. The first-order chi connectivity index (χ1) is 28.9. The van der Waals surface area contributed by atoms with Gasteiger partial charge < -0.3 is 48.5 Å². The fourth-order valence-corrected chi connectivity index (χ4v) is 6.35. The number of methoxy groups -OCH3 is 2. The van der Waals surface area contributed by atoms with E-state index in [2.05, 4.69) is 25.2 Å². The molecule has 2 bridgehead atoms. The van der Waals surface area contributed by atoms with E-state index in [1.54, 1.807) is 19.9 Å². The number of hydrogen-bond acceptors (Lipinski definition) is 15. The van der Waals surface area contributed by atoms with Gasteiger partial charge in [-0.1, -0.05) is 91.2 Å². The largest absolute Gasteiger partial charge is 0.469 e. The molecule has 1 unspecified atom stereocenters. The van der Waals surface area contributed by atoms with Crippen molar-refractivity contribution < 1.29 is 72.5 Å². The van der Waals surface area contributed by atoms with Crippen molar-refractivity contribution in [3.05, 3.63) is 36.5 Å². The highest BCUT2D eigenvalue weighted by atomic mass is 16.7. The summed E-state index contributed by atoms with van der Waals surface area (Å²) in [4.78, 5) is 61.5. The van der Waals surface area contributed by atoms with Crippen molar-refractivity contribution in [1.82, 2.24) is 0 Å². The first-order valence-corrected chi connectivity index (χ1v) is 22.0. The molecule has 2 rings (SSSR count). The van der Waals surface area contributed by atoms with Crippen LogP contribution in [-0.2, 0) is 57.1 Å². The lowest BCUT2D eigenvalue weighted by molar-refractivity contribution is -0.327. The van der Waals surface area contributed by atoms with Crippen LogP contribution in [-0.4, -0.2) is 116 Å². The maximum Gasteiger partial charge on any atom is 0.330 e. The van der Waals surface area contributed by atoms with Crippen LogP contribution in [0.15, 0.2) is 36.5 Å². The fraction of sp³-hybridized carbons (Fsp3) is 0.761. The van der Waals surface area contributed by atoms with Crippen LogP contribution in [0.1, 0.15) is 151 Å². The van der Waals surface area contributed by atoms with Crippen molar-refractivity contribution >= 4 is 29.8 Å². The minimum absolute atomic E-state index is 0.0482. The third-order valence-corrected chi connectivity index (χ3v) is 10.0. The van der Waals surface area contributed by atoms with Gasteiger partial charge in [0.1, 0.15) is 6.10 Å². The summed E-state index contributed by atoms with van der Waals surface area (Å²) in [5.74, 6) is -5.26. The third-order valence-electron chi connectivity index (χ3n) is 10.0. The van der Waals surface area contributed by atoms with Crippen LogP contribution < -0.4 is 0 Å². The van der Waals surface area contributed by atoms with Gasteiger partial charge in [-0.25, -0.2) is 9.59 Å². The number of carbonyl (C=O) groups excluding carboxylic acids is 5. The second-order valence-corrected chi connectivity index (χ2v) is 15.9. The zero-order valence-corrected chi connectivity index (χ0v) is 38.3. The van der Waals surface area contributed by atoms with E-state index >= 15 is 0 Å². The second kappa shape index (κ2) is 33.0. The molecule has 0 aliphatic carbocycles. The predicted octanol–water partition coefficient (Wildman–Crippen LogP) is 6.92.